The van der Waals surface area contributed by atoms with Gasteiger partial charge in [-0.25, -0.2) is 0 Å². The molecule has 1 nitrogen and oxygen atoms in total. The fourth-order valence-corrected chi connectivity index (χ4v) is 8.34. The first kappa shape index (κ1) is 19.2. The average molecular weight is 535 g/mol. The first-order valence-corrected chi connectivity index (χ1v) is 13.7. The topological polar surface area (TPSA) is 4.93 Å². The van der Waals surface area contributed by atoms with Crippen molar-refractivity contribution in [1.82, 2.24) is 4.57 Å². The molecule has 0 saturated heterocycles. The molecule has 0 amide bonds. The van der Waals surface area contributed by atoms with Gasteiger partial charge in [0, 0.05) is 61.3 Å². The van der Waals surface area contributed by atoms with Crippen LogP contribution in [0.15, 0.2) is 102 Å². The number of fused-ring (bicyclic) bond motifs is 12. The maximum absolute atomic E-state index is 3.62. The Morgan fingerprint density at radius 3 is 1.74 bits per heavy atom. The summed E-state index contributed by atoms with van der Waals surface area (Å²) < 4.78 is 9.04. The number of thiophene rings is 2. The lowest BCUT2D eigenvalue weighted by molar-refractivity contribution is 1.19. The van der Waals surface area contributed by atoms with Crippen LogP contribution in [0.5, 0.6) is 0 Å². The summed E-state index contributed by atoms with van der Waals surface area (Å²) in [6, 6.07) is 35.3. The number of aromatic nitrogens is 1. The van der Waals surface area contributed by atoms with Crippen molar-refractivity contribution in [2.24, 2.45) is 0 Å². The first-order valence-electron chi connectivity index (χ1n) is 11.2. The van der Waals surface area contributed by atoms with Gasteiger partial charge in [0.25, 0.3) is 0 Å². The summed E-state index contributed by atoms with van der Waals surface area (Å²) in [5, 5.41) is 8.15. The highest BCUT2D eigenvalue weighted by atomic mass is 79.9. The predicted molar refractivity (Wildman–Crippen MR) is 154 cm³/mol. The van der Waals surface area contributed by atoms with E-state index in [2.05, 4.69) is 118 Å². The molecule has 0 fully saturated rings. The SMILES string of the molecule is Brc1ccc(-n2c3ccccc3c3c4sc5ccccc5c4c4sc5ccccc5c4c32)cc1. The molecular formula is C30H16BrNS2. The van der Waals surface area contributed by atoms with E-state index in [0.717, 1.165) is 4.47 Å². The van der Waals surface area contributed by atoms with Crippen molar-refractivity contribution in [3.63, 3.8) is 0 Å². The lowest BCUT2D eigenvalue weighted by atomic mass is 10.0. The Morgan fingerprint density at radius 2 is 1.06 bits per heavy atom. The van der Waals surface area contributed by atoms with Crippen molar-refractivity contribution in [3.05, 3.63) is 102 Å². The molecule has 8 aromatic rings. The number of benzene rings is 5. The van der Waals surface area contributed by atoms with Gasteiger partial charge in [-0.15, -0.1) is 22.7 Å². The summed E-state index contributed by atoms with van der Waals surface area (Å²) in [6.45, 7) is 0. The highest BCUT2D eigenvalue weighted by Crippen LogP contribution is 2.51. The summed E-state index contributed by atoms with van der Waals surface area (Å²) in [7, 11) is 0. The normalized spacial score (nSPS) is 12.3. The monoisotopic (exact) mass is 533 g/mol. The Bertz CT molecular complexity index is 2040. The van der Waals surface area contributed by atoms with E-state index in [9.17, 15) is 0 Å². The quantitative estimate of drug-likeness (QED) is 0.197. The third kappa shape index (κ3) is 2.43. The maximum Gasteiger partial charge on any atom is 0.0648 e. The molecule has 0 aliphatic carbocycles. The number of hydrogen-bond donors (Lipinski definition) is 0. The van der Waals surface area contributed by atoms with Crippen molar-refractivity contribution >= 4 is 101 Å². The fraction of sp³-hybridized carbons (Fsp3) is 0. The molecule has 0 unspecified atom stereocenters. The van der Waals surface area contributed by atoms with Gasteiger partial charge in [0.2, 0.25) is 0 Å². The van der Waals surface area contributed by atoms with Crippen LogP contribution in [0.1, 0.15) is 0 Å². The Kier molecular flexibility index (Phi) is 3.90. The summed E-state index contributed by atoms with van der Waals surface area (Å²) >= 11 is 7.48. The Balaban J connectivity index is 1.77. The van der Waals surface area contributed by atoms with Crippen molar-refractivity contribution in [2.75, 3.05) is 0 Å². The van der Waals surface area contributed by atoms with E-state index in [1.54, 1.807) is 0 Å². The standard InChI is InChI=1S/C30H16BrNS2/c31-17-13-15-18(16-14-17)32-22-10-4-1-7-19(22)25-28(32)26-20-8-2-5-11-23(20)33-30(26)27-21-9-3-6-12-24(21)34-29(25)27/h1-16H. The molecule has 0 aliphatic rings. The molecule has 0 spiro atoms. The van der Waals surface area contributed by atoms with E-state index in [1.807, 2.05) is 22.7 Å². The van der Waals surface area contributed by atoms with Gasteiger partial charge in [-0.1, -0.05) is 70.5 Å². The van der Waals surface area contributed by atoms with Gasteiger partial charge in [0.05, 0.1) is 11.0 Å². The molecule has 3 aromatic heterocycles. The smallest absolute Gasteiger partial charge is 0.0648 e. The van der Waals surface area contributed by atoms with Gasteiger partial charge < -0.3 is 4.57 Å². The minimum atomic E-state index is 1.09. The van der Waals surface area contributed by atoms with E-state index in [0.29, 0.717) is 0 Å². The lowest BCUT2D eigenvalue weighted by Gasteiger charge is -2.10. The zero-order chi connectivity index (χ0) is 22.4. The number of halogens is 1. The van der Waals surface area contributed by atoms with E-state index in [1.165, 1.54) is 67.8 Å². The number of rotatable bonds is 1. The molecule has 0 N–H and O–H groups in total. The van der Waals surface area contributed by atoms with Crippen LogP contribution in [0.4, 0.5) is 0 Å². The second kappa shape index (κ2) is 6.92. The van der Waals surface area contributed by atoms with E-state index >= 15 is 0 Å². The highest BCUT2D eigenvalue weighted by Gasteiger charge is 2.23. The summed E-state index contributed by atoms with van der Waals surface area (Å²) in [5.41, 5.74) is 3.75. The molecule has 0 atom stereocenters. The third-order valence-corrected chi connectivity index (χ3v) is 9.75. The predicted octanol–water partition coefficient (Wildman–Crippen LogP) is 10.3. The van der Waals surface area contributed by atoms with E-state index in [-0.39, 0.29) is 0 Å². The molecule has 0 saturated carbocycles. The van der Waals surface area contributed by atoms with Gasteiger partial charge in [0.15, 0.2) is 0 Å². The van der Waals surface area contributed by atoms with Crippen molar-refractivity contribution in [2.45, 2.75) is 0 Å². The highest BCUT2D eigenvalue weighted by molar-refractivity contribution is 9.10. The summed E-state index contributed by atoms with van der Waals surface area (Å²) in [6.07, 6.45) is 0. The van der Waals surface area contributed by atoms with Crippen LogP contribution in [-0.4, -0.2) is 4.57 Å². The molecule has 5 aromatic carbocycles. The molecular weight excluding hydrogens is 518 g/mol. The van der Waals surface area contributed by atoms with Gasteiger partial charge >= 0.3 is 0 Å². The van der Waals surface area contributed by atoms with Crippen LogP contribution in [-0.2, 0) is 0 Å². The van der Waals surface area contributed by atoms with Crippen LogP contribution in [0.3, 0.4) is 0 Å². The molecule has 0 bridgehead atoms. The number of para-hydroxylation sites is 1. The van der Waals surface area contributed by atoms with Crippen molar-refractivity contribution in [3.8, 4) is 5.69 Å². The Hall–Kier alpha value is -3.18. The average Bonchev–Trinajstić information content (AvgIpc) is 3.54. The third-order valence-electron chi connectivity index (χ3n) is 6.84. The van der Waals surface area contributed by atoms with Gasteiger partial charge in [-0.2, -0.15) is 0 Å². The minimum absolute atomic E-state index is 1.09. The Labute approximate surface area is 211 Å². The van der Waals surface area contributed by atoms with Crippen LogP contribution in [0.25, 0.3) is 67.8 Å². The largest absolute Gasteiger partial charge is 0.309 e. The molecule has 0 aliphatic heterocycles. The number of nitrogens with zero attached hydrogens (tertiary/aromatic N) is 1. The van der Waals surface area contributed by atoms with Gasteiger partial charge in [-0.3, -0.25) is 0 Å². The zero-order valence-electron chi connectivity index (χ0n) is 17.9. The van der Waals surface area contributed by atoms with Crippen molar-refractivity contribution < 1.29 is 0 Å². The molecule has 4 heteroatoms. The van der Waals surface area contributed by atoms with Gasteiger partial charge in [-0.05, 0) is 42.5 Å². The van der Waals surface area contributed by atoms with Crippen LogP contribution < -0.4 is 0 Å². The second-order valence-corrected chi connectivity index (χ2v) is 11.7. The summed E-state index contributed by atoms with van der Waals surface area (Å²) in [4.78, 5) is 0. The van der Waals surface area contributed by atoms with E-state index < -0.39 is 0 Å². The first-order chi connectivity index (χ1) is 16.8. The number of hydrogen-bond acceptors (Lipinski definition) is 2. The molecule has 0 radical (unpaired) electrons. The molecule has 34 heavy (non-hydrogen) atoms. The summed E-state index contributed by atoms with van der Waals surface area (Å²) in [5.74, 6) is 0. The van der Waals surface area contributed by atoms with Crippen molar-refractivity contribution in [1.29, 1.82) is 0 Å². The fourth-order valence-electron chi connectivity index (χ4n) is 5.47. The molecule has 8 rings (SSSR count). The van der Waals surface area contributed by atoms with Crippen LogP contribution in [0, 0.1) is 0 Å². The maximum atomic E-state index is 3.62. The van der Waals surface area contributed by atoms with Gasteiger partial charge in [0.1, 0.15) is 0 Å². The molecule has 3 heterocycles. The van der Waals surface area contributed by atoms with Crippen LogP contribution >= 0.6 is 38.6 Å². The second-order valence-electron chi connectivity index (χ2n) is 8.66. The van der Waals surface area contributed by atoms with E-state index in [4.69, 9.17) is 0 Å². The molecule has 160 valence electrons. The minimum Gasteiger partial charge on any atom is -0.309 e. The Morgan fingerprint density at radius 1 is 0.529 bits per heavy atom. The lowest BCUT2D eigenvalue weighted by Crippen LogP contribution is -1.93. The van der Waals surface area contributed by atoms with Crippen LogP contribution in [0.2, 0.25) is 0 Å². The zero-order valence-corrected chi connectivity index (χ0v) is 21.1.